The lowest BCUT2D eigenvalue weighted by atomic mass is 9.97. The van der Waals surface area contributed by atoms with Crippen LogP contribution in [0.4, 0.5) is 28.3 Å². The van der Waals surface area contributed by atoms with Gasteiger partial charge in [-0.1, -0.05) is 0 Å². The van der Waals surface area contributed by atoms with Gasteiger partial charge < -0.3 is 49.4 Å². The summed E-state index contributed by atoms with van der Waals surface area (Å²) in [5.41, 5.74) is 3.38. The summed E-state index contributed by atoms with van der Waals surface area (Å²) < 4.78 is 9.84. The predicted octanol–water partition coefficient (Wildman–Crippen LogP) is 8.21. The monoisotopic (exact) mass is 1220 g/mol. The summed E-state index contributed by atoms with van der Waals surface area (Å²) in [6.45, 7) is 25.3. The van der Waals surface area contributed by atoms with Gasteiger partial charge in [0.25, 0.3) is 23.6 Å². The number of amides is 5. The van der Waals surface area contributed by atoms with Crippen molar-refractivity contribution in [2.45, 2.75) is 167 Å². The van der Waals surface area contributed by atoms with Gasteiger partial charge in [-0.2, -0.15) is 9.97 Å². The largest absolute Gasteiger partial charge is 0.444 e. The fourth-order valence-corrected chi connectivity index (χ4v) is 13.7. The zero-order valence-corrected chi connectivity index (χ0v) is 54.2. The van der Waals surface area contributed by atoms with Gasteiger partial charge >= 0.3 is 6.09 Å². The number of carbonyl (C=O) groups is 5. The maximum absolute atomic E-state index is 13.5. The molecule has 4 atom stereocenters. The van der Waals surface area contributed by atoms with Crippen LogP contribution >= 0.6 is 0 Å². The first-order valence-electron chi connectivity index (χ1n) is 31.7. The van der Waals surface area contributed by atoms with Gasteiger partial charge in [0.1, 0.15) is 39.9 Å². The number of piperidine rings is 2. The molecule has 4 bridgehead atoms. The van der Waals surface area contributed by atoms with Crippen LogP contribution in [0.2, 0.25) is 0 Å². The van der Waals surface area contributed by atoms with Crippen LogP contribution in [-0.4, -0.2) is 224 Å². The molecule has 24 heteroatoms. The van der Waals surface area contributed by atoms with E-state index in [1.165, 1.54) is 0 Å². The molecule has 6 fully saturated rings. The van der Waals surface area contributed by atoms with Crippen molar-refractivity contribution >= 4 is 75.3 Å². The molecule has 0 spiro atoms. The highest BCUT2D eigenvalue weighted by Gasteiger charge is 2.46. The standard InChI is InChI=1S/C35H49N9O4.C30H41N9O2/c1-34(2,3)42-15-13-24(14-16-42)44-27(31(46)40(7)8)17-23-19-37-32(39-29(23)44)38-28-12-9-22(18-36-28)30(45)41-20-25-10-11-26(21-41)43(25)33(47)48-35(4,5)6;1-30(2,3)38-12-10-23(11-13-38)39-24(28(41)36(4)5)14-20-16-32-29(35-26(20)39)34-25-9-6-19(15-31-25)27(40)37-17-21-7-8-22(18-37)33-21/h9,12,17-19,24-26H,10-11,13-16,20-21H2,1-8H3,(H,36,37,38,39);6,9,14-16,21-23,33H,7-8,10-13,17-18H2,1-5H3,(H,31,32,34,35). The normalized spacial score (nSPS) is 21.2. The third-order valence-corrected chi connectivity index (χ3v) is 18.3. The molecule has 6 aromatic rings. The Hall–Kier alpha value is -7.83. The Morgan fingerprint density at radius 2 is 0.921 bits per heavy atom. The molecule has 0 radical (unpaired) electrons. The number of fused-ring (bicyclic) bond motifs is 6. The fraction of sp³-hybridized carbons (Fsp3) is 0.585. The number of pyridine rings is 2. The molecule has 6 aliphatic rings. The zero-order valence-electron chi connectivity index (χ0n) is 54.2. The van der Waals surface area contributed by atoms with Crippen molar-refractivity contribution in [1.82, 2.24) is 78.7 Å². The van der Waals surface area contributed by atoms with E-state index in [1.807, 2.05) is 47.6 Å². The second kappa shape index (κ2) is 24.9. The van der Waals surface area contributed by atoms with E-state index in [2.05, 4.69) is 96.4 Å². The van der Waals surface area contributed by atoms with Gasteiger partial charge in [-0.05, 0) is 150 Å². The Labute approximate surface area is 522 Å². The molecule has 6 saturated heterocycles. The molecule has 89 heavy (non-hydrogen) atoms. The lowest BCUT2D eigenvalue weighted by molar-refractivity contribution is -0.00338. The predicted molar refractivity (Wildman–Crippen MR) is 342 cm³/mol. The molecular formula is C65H90N18O6. The number of likely N-dealkylation sites (tertiary alicyclic amines) is 4. The van der Waals surface area contributed by atoms with Crippen molar-refractivity contribution in [3.8, 4) is 0 Å². The van der Waals surface area contributed by atoms with E-state index in [0.717, 1.165) is 107 Å². The third kappa shape index (κ3) is 13.7. The van der Waals surface area contributed by atoms with Crippen LogP contribution < -0.4 is 16.0 Å². The van der Waals surface area contributed by atoms with Crippen LogP contribution in [0, 0.1) is 0 Å². The second-order valence-electron chi connectivity index (χ2n) is 28.4. The van der Waals surface area contributed by atoms with Crippen molar-refractivity contribution in [3.05, 3.63) is 83.7 Å². The topological polar surface area (TPSA) is 241 Å². The quantitative estimate of drug-likeness (QED) is 0.117. The van der Waals surface area contributed by atoms with E-state index in [4.69, 9.17) is 14.7 Å². The molecule has 6 aliphatic heterocycles. The fourth-order valence-electron chi connectivity index (χ4n) is 13.7. The number of anilines is 4. The second-order valence-corrected chi connectivity index (χ2v) is 28.4. The molecule has 0 saturated carbocycles. The Kier molecular flexibility index (Phi) is 17.5. The van der Waals surface area contributed by atoms with Crippen molar-refractivity contribution in [2.24, 2.45) is 0 Å². The Balaban J connectivity index is 0.000000186. The van der Waals surface area contributed by atoms with Gasteiger partial charge in [0.05, 0.1) is 23.2 Å². The van der Waals surface area contributed by atoms with Gasteiger partial charge in [0, 0.05) is 151 Å². The first kappa shape index (κ1) is 62.8. The van der Waals surface area contributed by atoms with Crippen molar-refractivity contribution < 1.29 is 28.7 Å². The van der Waals surface area contributed by atoms with Crippen LogP contribution in [0.25, 0.3) is 22.1 Å². The lowest BCUT2D eigenvalue weighted by Crippen LogP contribution is -2.57. The molecule has 0 aliphatic carbocycles. The molecule has 0 aromatic carbocycles. The molecule has 12 rings (SSSR count). The summed E-state index contributed by atoms with van der Waals surface area (Å²) >= 11 is 0. The highest BCUT2D eigenvalue weighted by molar-refractivity contribution is 5.99. The van der Waals surface area contributed by atoms with Crippen molar-refractivity contribution in [1.29, 1.82) is 0 Å². The van der Waals surface area contributed by atoms with Gasteiger partial charge in [-0.3, -0.25) is 33.9 Å². The molecule has 12 heterocycles. The zero-order chi connectivity index (χ0) is 63.4. The molecule has 5 amide bonds. The number of ether oxygens (including phenoxy) is 1. The van der Waals surface area contributed by atoms with Gasteiger partial charge in [0.2, 0.25) is 11.9 Å². The van der Waals surface area contributed by atoms with Crippen LogP contribution in [0.1, 0.15) is 167 Å². The number of aromatic nitrogens is 8. The maximum atomic E-state index is 13.5. The van der Waals surface area contributed by atoms with E-state index in [-0.39, 0.29) is 65.0 Å². The number of hydrogen-bond acceptors (Lipinski definition) is 17. The molecular weight excluding hydrogens is 1130 g/mol. The number of carbonyl (C=O) groups excluding carboxylic acids is 5. The smallest absolute Gasteiger partial charge is 0.410 e. The van der Waals surface area contributed by atoms with Crippen LogP contribution in [0.15, 0.2) is 61.2 Å². The van der Waals surface area contributed by atoms with E-state index >= 15 is 0 Å². The molecule has 4 unspecified atom stereocenters. The van der Waals surface area contributed by atoms with Gasteiger partial charge in [-0.25, -0.2) is 24.7 Å². The van der Waals surface area contributed by atoms with Crippen LogP contribution in [-0.2, 0) is 4.74 Å². The number of hydrogen-bond donors (Lipinski definition) is 3. The number of nitrogens with one attached hydrogen (secondary N) is 3. The number of piperazine rings is 2. The summed E-state index contributed by atoms with van der Waals surface area (Å²) in [7, 11) is 7.08. The minimum absolute atomic E-state index is 0.0218. The number of rotatable bonds is 10. The average molecular weight is 1220 g/mol. The number of nitrogens with zero attached hydrogens (tertiary/aromatic N) is 15. The first-order valence-corrected chi connectivity index (χ1v) is 31.7. The minimum atomic E-state index is -0.565. The highest BCUT2D eigenvalue weighted by atomic mass is 16.6. The van der Waals surface area contributed by atoms with Crippen molar-refractivity contribution in [3.63, 3.8) is 0 Å². The van der Waals surface area contributed by atoms with Crippen LogP contribution in [0.3, 0.4) is 0 Å². The summed E-state index contributed by atoms with van der Waals surface area (Å²) in [5.74, 6) is 1.62. The summed E-state index contributed by atoms with van der Waals surface area (Å²) in [6, 6.07) is 11.9. The van der Waals surface area contributed by atoms with Crippen molar-refractivity contribution in [2.75, 3.05) is 91.2 Å². The van der Waals surface area contributed by atoms with E-state index in [1.54, 1.807) is 87.0 Å². The third-order valence-electron chi connectivity index (χ3n) is 18.3. The highest BCUT2D eigenvalue weighted by Crippen LogP contribution is 2.37. The molecule has 24 nitrogen and oxygen atoms in total. The van der Waals surface area contributed by atoms with E-state index in [9.17, 15) is 24.0 Å². The van der Waals surface area contributed by atoms with Crippen LogP contribution in [0.5, 0.6) is 0 Å². The van der Waals surface area contributed by atoms with E-state index in [0.29, 0.717) is 76.9 Å². The Morgan fingerprint density at radius 1 is 0.517 bits per heavy atom. The lowest BCUT2D eigenvalue weighted by Gasteiger charge is -2.41. The minimum Gasteiger partial charge on any atom is -0.444 e. The van der Waals surface area contributed by atoms with Gasteiger partial charge in [0.15, 0.2) is 0 Å². The Morgan fingerprint density at radius 3 is 1.28 bits per heavy atom. The van der Waals surface area contributed by atoms with E-state index < -0.39 is 5.60 Å². The molecule has 6 aromatic heterocycles. The Bertz CT molecular complexity index is 3560. The van der Waals surface area contributed by atoms with Gasteiger partial charge in [-0.15, -0.1) is 0 Å². The average Bonchev–Trinajstić information content (AvgIpc) is 1.68. The first-order chi connectivity index (χ1) is 42.1. The molecule has 3 N–H and O–H groups in total. The SMILES string of the molecule is CN(C)C(=O)c1cc2cnc(Nc3ccc(C(=O)N4CC5CCC(C4)N5)cn3)nc2n1C1CCN(C(C)(C)C)CC1.CN(C)C(=O)c1cc2cnc(Nc3ccc(C(=O)N4CC5CCC(C4)N5C(=O)OC(C)(C)C)cn3)nc2n1C1CCN(C(C)(C)C)CC1. The summed E-state index contributed by atoms with van der Waals surface area (Å²) in [6.07, 6.45) is 14.0. The summed E-state index contributed by atoms with van der Waals surface area (Å²) in [4.78, 5) is 107. The maximum Gasteiger partial charge on any atom is 0.410 e. The molecule has 476 valence electrons. The summed E-state index contributed by atoms with van der Waals surface area (Å²) in [5, 5.41) is 11.6.